The Labute approximate surface area is 407 Å². The van der Waals surface area contributed by atoms with Crippen LogP contribution in [-0.4, -0.2) is 83.2 Å². The number of ketones is 2. The highest BCUT2D eigenvalue weighted by molar-refractivity contribution is 8.13. The first-order chi connectivity index (χ1) is 32.0. The Bertz CT molecular complexity index is 2350. The number of ether oxygens (including phenoxy) is 5. The lowest BCUT2D eigenvalue weighted by Crippen LogP contribution is -2.40. The fraction of sp³-hybridized carbons (Fsp3) is 0.373. The highest BCUT2D eigenvalue weighted by Crippen LogP contribution is 2.26. The van der Waals surface area contributed by atoms with Gasteiger partial charge in [-0.3, -0.25) is 19.2 Å². The summed E-state index contributed by atoms with van der Waals surface area (Å²) in [5.74, 6) is -1.33. The molecule has 2 N–H and O–H groups in total. The van der Waals surface area contributed by atoms with Crippen LogP contribution in [0, 0.1) is 19.3 Å². The van der Waals surface area contributed by atoms with Crippen molar-refractivity contribution in [1.29, 1.82) is 0 Å². The summed E-state index contributed by atoms with van der Waals surface area (Å²) in [6.45, 7) is 17.5. The molecule has 0 saturated carbocycles. The number of nitrogens with one attached hydrogen (secondary N) is 2. The van der Waals surface area contributed by atoms with Gasteiger partial charge in [-0.15, -0.1) is 0 Å². The minimum absolute atomic E-state index is 0.0212. The molecule has 0 saturated heterocycles. The molecule has 2 atom stereocenters. The van der Waals surface area contributed by atoms with Crippen molar-refractivity contribution < 1.29 is 62.0 Å². The van der Waals surface area contributed by atoms with Crippen LogP contribution in [-0.2, 0) is 41.7 Å². The van der Waals surface area contributed by atoms with Crippen molar-refractivity contribution in [2.24, 2.45) is 5.41 Å². The second-order valence-corrected chi connectivity index (χ2v) is 18.3. The number of aryl methyl sites for hydroxylation is 2. The standard InChI is InChI=1S/C22H23NO6S.C17H21NO6S.C12H18O/c1-14-9-10-18(21(26)28-12-17-7-5-4-6-8-17)20(11-14)29-22(27)30-13-19(15(2)24)23-16(3)25;1-5-23-16(21)13-7-6-10(2)8-15(13)24-17(22)25-9-14(11(3)19)18-12(4)20;1-12(2,3)9-10-5-7-11(13-4)8-6-10/h4-11,19H,12-13H2,1-3H3,(H,23,25);6-8,14H,5,9H2,1-4H3,(H,18,20);5-8H,9H2,1-4H3/t19-;14-;/m10./s1. The zero-order chi connectivity index (χ0) is 51.0. The van der Waals surface area contributed by atoms with Crippen molar-refractivity contribution in [3.8, 4) is 17.2 Å². The molecule has 17 heteroatoms. The topological polar surface area (TPSA) is 207 Å². The number of Topliss-reactive ketones (excluding diaryl/α,β-unsaturated/α-hetero) is 2. The smallest absolute Gasteiger partial charge is 0.372 e. The fourth-order valence-corrected chi connectivity index (χ4v) is 7.22. The lowest BCUT2D eigenvalue weighted by atomic mass is 9.88. The SMILES string of the molecule is CC(=O)N[C@H](CSC(=O)Oc1cc(C)ccc1C(=O)OCc1ccccc1)C(C)=O.CCOC(=O)c1ccc(C)cc1OC(=O)SC[C@H](NC(C)=O)C(C)=O.COc1ccc(CC(C)(C)C)cc1. The molecule has 366 valence electrons. The van der Waals surface area contributed by atoms with Crippen LogP contribution in [0.25, 0.3) is 0 Å². The van der Waals surface area contributed by atoms with Crippen LogP contribution >= 0.6 is 23.5 Å². The number of hydrogen-bond acceptors (Lipinski definition) is 15. The van der Waals surface area contributed by atoms with Crippen LogP contribution in [0.2, 0.25) is 0 Å². The molecule has 4 rings (SSSR count). The zero-order valence-corrected chi connectivity index (χ0v) is 42.1. The van der Waals surface area contributed by atoms with Gasteiger partial charge < -0.3 is 34.3 Å². The molecule has 2 amide bonds. The van der Waals surface area contributed by atoms with Gasteiger partial charge in [0.25, 0.3) is 0 Å². The molecule has 0 aliphatic rings. The third-order valence-corrected chi connectivity index (χ3v) is 10.6. The molecule has 15 nitrogen and oxygen atoms in total. The third-order valence-electron chi connectivity index (χ3n) is 8.95. The number of thioether (sulfide) groups is 2. The predicted molar refractivity (Wildman–Crippen MR) is 264 cm³/mol. The number of carbonyl (C=O) groups excluding carboxylic acids is 8. The number of rotatable bonds is 17. The van der Waals surface area contributed by atoms with Crippen molar-refractivity contribution >= 4 is 69.4 Å². The van der Waals surface area contributed by atoms with E-state index in [1.54, 1.807) is 52.1 Å². The van der Waals surface area contributed by atoms with E-state index in [1.165, 1.54) is 45.4 Å². The predicted octanol–water partition coefficient (Wildman–Crippen LogP) is 9.46. The van der Waals surface area contributed by atoms with E-state index in [9.17, 15) is 38.4 Å². The molecule has 0 heterocycles. The lowest BCUT2D eigenvalue weighted by Gasteiger charge is -2.18. The van der Waals surface area contributed by atoms with Gasteiger partial charge in [-0.25, -0.2) is 19.2 Å². The van der Waals surface area contributed by atoms with E-state index < -0.39 is 34.6 Å². The highest BCUT2D eigenvalue weighted by Gasteiger charge is 2.23. The molecular weight excluding hydrogens is 913 g/mol. The molecular formula is C51H62N2O13S2. The average Bonchev–Trinajstić information content (AvgIpc) is 3.26. The van der Waals surface area contributed by atoms with E-state index in [1.807, 2.05) is 42.5 Å². The van der Waals surface area contributed by atoms with Crippen molar-refractivity contribution in [3.05, 3.63) is 124 Å². The monoisotopic (exact) mass is 974 g/mol. The molecule has 0 fully saturated rings. The van der Waals surface area contributed by atoms with E-state index in [2.05, 4.69) is 43.5 Å². The van der Waals surface area contributed by atoms with Gasteiger partial charge in [0.15, 0.2) is 11.6 Å². The number of benzene rings is 4. The first kappa shape index (κ1) is 57.7. The molecule has 4 aromatic carbocycles. The first-order valence-electron chi connectivity index (χ1n) is 21.5. The molecule has 0 unspecified atom stereocenters. The van der Waals surface area contributed by atoms with Crippen LogP contribution in [0.15, 0.2) is 91.0 Å². The number of carbonyl (C=O) groups is 8. The van der Waals surface area contributed by atoms with Gasteiger partial charge in [0.1, 0.15) is 35.0 Å². The number of hydrogen-bond donors (Lipinski definition) is 2. The Hall–Kier alpha value is -6.46. The Balaban J connectivity index is 0.000000376. The van der Waals surface area contributed by atoms with Gasteiger partial charge in [-0.1, -0.05) is 75.4 Å². The Morgan fingerprint density at radius 3 is 1.41 bits per heavy atom. The van der Waals surface area contributed by atoms with Crippen molar-refractivity contribution in [3.63, 3.8) is 0 Å². The zero-order valence-electron chi connectivity index (χ0n) is 40.5. The van der Waals surface area contributed by atoms with E-state index >= 15 is 0 Å². The second-order valence-electron chi connectivity index (χ2n) is 16.4. The lowest BCUT2D eigenvalue weighted by molar-refractivity contribution is -0.125. The van der Waals surface area contributed by atoms with Crippen molar-refractivity contribution in [2.45, 2.75) is 94.3 Å². The van der Waals surface area contributed by atoms with Gasteiger partial charge in [0.2, 0.25) is 11.8 Å². The van der Waals surface area contributed by atoms with Gasteiger partial charge in [0, 0.05) is 25.4 Å². The molecule has 0 bridgehead atoms. The third kappa shape index (κ3) is 22.8. The summed E-state index contributed by atoms with van der Waals surface area (Å²) in [5, 5.41) is 3.55. The van der Waals surface area contributed by atoms with Gasteiger partial charge in [-0.05, 0) is 129 Å². The van der Waals surface area contributed by atoms with E-state index in [0.29, 0.717) is 5.41 Å². The maximum absolute atomic E-state index is 12.5. The largest absolute Gasteiger partial charge is 0.497 e. The summed E-state index contributed by atoms with van der Waals surface area (Å²) >= 11 is 1.48. The highest BCUT2D eigenvalue weighted by atomic mass is 32.2. The molecule has 4 aromatic rings. The Morgan fingerprint density at radius 2 is 1.03 bits per heavy atom. The maximum atomic E-state index is 12.5. The normalized spacial score (nSPS) is 11.3. The van der Waals surface area contributed by atoms with E-state index in [-0.39, 0.29) is 70.7 Å². The summed E-state index contributed by atoms with van der Waals surface area (Å²) in [4.78, 5) is 94.0. The average molecular weight is 975 g/mol. The summed E-state index contributed by atoms with van der Waals surface area (Å²) in [6.07, 6.45) is 1.11. The van der Waals surface area contributed by atoms with E-state index in [0.717, 1.165) is 52.4 Å². The molecule has 0 spiro atoms. The number of esters is 2. The fourth-order valence-electron chi connectivity index (χ4n) is 5.68. The van der Waals surface area contributed by atoms with Crippen LogP contribution < -0.4 is 24.8 Å². The number of amides is 2. The quantitative estimate of drug-likeness (QED) is 0.0945. The summed E-state index contributed by atoms with van der Waals surface area (Å²) in [6, 6.07) is 25.5. The summed E-state index contributed by atoms with van der Waals surface area (Å²) < 4.78 is 25.9. The summed E-state index contributed by atoms with van der Waals surface area (Å²) in [7, 11) is 1.69. The molecule has 0 radical (unpaired) electrons. The Kier molecular flexibility index (Phi) is 24.9. The van der Waals surface area contributed by atoms with Crippen molar-refractivity contribution in [2.75, 3.05) is 25.2 Å². The van der Waals surface area contributed by atoms with Crippen LogP contribution in [0.4, 0.5) is 9.59 Å². The van der Waals surface area contributed by atoms with Crippen molar-refractivity contribution in [1.82, 2.24) is 10.6 Å². The maximum Gasteiger partial charge on any atom is 0.372 e. The van der Waals surface area contributed by atoms with Gasteiger partial charge in [0.05, 0.1) is 25.8 Å². The first-order valence-corrected chi connectivity index (χ1v) is 23.5. The number of methoxy groups -OCH3 is 1. The van der Waals surface area contributed by atoms with Crippen LogP contribution in [0.1, 0.15) is 98.4 Å². The minimum Gasteiger partial charge on any atom is -0.497 e. The minimum atomic E-state index is -0.798. The molecule has 0 aromatic heterocycles. The van der Waals surface area contributed by atoms with E-state index in [4.69, 9.17) is 23.7 Å². The molecule has 68 heavy (non-hydrogen) atoms. The molecule has 0 aliphatic carbocycles. The van der Waals surface area contributed by atoms with Gasteiger partial charge in [-0.2, -0.15) is 0 Å². The summed E-state index contributed by atoms with van der Waals surface area (Å²) in [5.41, 5.74) is 4.42. The Morgan fingerprint density at radius 1 is 0.588 bits per heavy atom. The molecule has 0 aliphatic heterocycles. The van der Waals surface area contributed by atoms with Crippen LogP contribution in [0.3, 0.4) is 0 Å². The second kappa shape index (κ2) is 29.3. The van der Waals surface area contributed by atoms with Crippen LogP contribution in [0.5, 0.6) is 17.2 Å². The van der Waals surface area contributed by atoms with Gasteiger partial charge >= 0.3 is 22.5 Å².